The zero-order chi connectivity index (χ0) is 23.4. The van der Waals surface area contributed by atoms with Gasteiger partial charge in [-0.3, -0.25) is 4.79 Å². The molecule has 0 radical (unpaired) electrons. The molecule has 0 atom stereocenters. The van der Waals surface area contributed by atoms with Crippen LogP contribution >= 0.6 is 11.6 Å². The molecule has 0 bridgehead atoms. The molecule has 1 heterocycles. The molecule has 0 saturated carbocycles. The maximum absolute atomic E-state index is 13.2. The highest BCUT2D eigenvalue weighted by molar-refractivity contribution is 6.31. The average Bonchev–Trinajstić information content (AvgIpc) is 2.65. The molecule has 3 nitrogen and oxygen atoms in total. The smallest absolute Gasteiger partial charge is 0.416 e. The van der Waals surface area contributed by atoms with E-state index in [1.54, 1.807) is 45.9 Å². The lowest BCUT2D eigenvalue weighted by molar-refractivity contribution is -0.158. The summed E-state index contributed by atoms with van der Waals surface area (Å²) >= 11 is 5.93. The highest BCUT2D eigenvalue weighted by Gasteiger charge is 2.47. The van der Waals surface area contributed by atoms with Gasteiger partial charge in [0.05, 0.1) is 11.1 Å². The van der Waals surface area contributed by atoms with Gasteiger partial charge in [0.25, 0.3) is 0 Å². The number of ketones is 1. The molecule has 0 spiro atoms. The normalized spacial score (nSPS) is 18.4. The van der Waals surface area contributed by atoms with E-state index in [-0.39, 0.29) is 22.1 Å². The molecule has 2 aromatic rings. The van der Waals surface area contributed by atoms with E-state index < -0.39 is 22.9 Å². The molecule has 3 rings (SSSR count). The van der Waals surface area contributed by atoms with Crippen LogP contribution in [0.1, 0.15) is 51.3 Å². The van der Waals surface area contributed by atoms with E-state index in [0.717, 1.165) is 17.7 Å². The van der Waals surface area contributed by atoms with Gasteiger partial charge in [0.2, 0.25) is 0 Å². The van der Waals surface area contributed by atoms with Crippen molar-refractivity contribution in [3.8, 4) is 11.1 Å². The Labute approximate surface area is 184 Å². The highest BCUT2D eigenvalue weighted by atomic mass is 35.5. The Bertz CT molecular complexity index is 1080. The number of halogens is 4. The molecule has 1 N–H and O–H groups in total. The third-order valence-electron chi connectivity index (χ3n) is 5.41. The Morgan fingerprint density at radius 2 is 1.65 bits per heavy atom. The molecule has 31 heavy (non-hydrogen) atoms. The number of carbonyl (C=O) groups excluding carboxylic acids is 1. The van der Waals surface area contributed by atoms with Gasteiger partial charge in [0, 0.05) is 5.02 Å². The largest absolute Gasteiger partial charge is 0.508 e. The van der Waals surface area contributed by atoms with Crippen molar-refractivity contribution in [2.75, 3.05) is 0 Å². The second-order valence-corrected chi connectivity index (χ2v) is 9.06. The van der Waals surface area contributed by atoms with Crippen LogP contribution < -0.4 is 0 Å². The van der Waals surface area contributed by atoms with Crippen molar-refractivity contribution in [3.63, 3.8) is 0 Å². The molecule has 0 aromatic heterocycles. The number of ether oxygens (including phenoxy) is 1. The fourth-order valence-corrected chi connectivity index (χ4v) is 4.16. The maximum Gasteiger partial charge on any atom is 0.416 e. The van der Waals surface area contributed by atoms with Gasteiger partial charge in [-0.05, 0) is 74.6 Å². The number of carbonyl (C=O) groups is 1. The molecule has 7 heteroatoms. The van der Waals surface area contributed by atoms with Crippen LogP contribution in [-0.2, 0) is 22.1 Å². The van der Waals surface area contributed by atoms with Crippen LogP contribution in [0.4, 0.5) is 13.2 Å². The summed E-state index contributed by atoms with van der Waals surface area (Å²) in [5.74, 6) is -0.518. The van der Waals surface area contributed by atoms with Crippen molar-refractivity contribution in [1.29, 1.82) is 0 Å². The van der Waals surface area contributed by atoms with Crippen LogP contribution in [0.3, 0.4) is 0 Å². The minimum Gasteiger partial charge on any atom is -0.508 e. The van der Waals surface area contributed by atoms with Crippen molar-refractivity contribution in [1.82, 2.24) is 0 Å². The van der Waals surface area contributed by atoms with Crippen molar-refractivity contribution in [2.45, 2.75) is 58.4 Å². The predicted molar refractivity (Wildman–Crippen MR) is 115 cm³/mol. The van der Waals surface area contributed by atoms with Crippen LogP contribution in [0, 0.1) is 0 Å². The van der Waals surface area contributed by atoms with Crippen molar-refractivity contribution >= 4 is 23.0 Å². The fraction of sp³-hybridized carbons (Fsp3) is 0.375. The summed E-state index contributed by atoms with van der Waals surface area (Å²) in [4.78, 5) is 13.1. The Balaban J connectivity index is 2.18. The second-order valence-electron chi connectivity index (χ2n) is 8.63. The van der Waals surface area contributed by atoms with E-state index in [9.17, 15) is 23.1 Å². The van der Waals surface area contributed by atoms with Gasteiger partial charge in [-0.2, -0.15) is 13.2 Å². The lowest BCUT2D eigenvalue weighted by atomic mass is 9.81. The van der Waals surface area contributed by atoms with E-state index in [1.165, 1.54) is 6.07 Å². The zero-order valence-electron chi connectivity index (χ0n) is 17.9. The number of aryl methyl sites for hydroxylation is 1. The van der Waals surface area contributed by atoms with Crippen molar-refractivity contribution in [2.24, 2.45) is 0 Å². The third-order valence-corrected chi connectivity index (χ3v) is 5.62. The van der Waals surface area contributed by atoms with E-state index in [1.807, 2.05) is 6.92 Å². The predicted octanol–water partition coefficient (Wildman–Crippen LogP) is 7.01. The van der Waals surface area contributed by atoms with Gasteiger partial charge in [0.15, 0.2) is 5.78 Å². The Hall–Kier alpha value is -2.31. The standard InChI is InChI=1S/C24H24ClF3O3/c1-6-13-9-14(15-10-16(24(26,27)28)12-17(25)11-15)7-8-18(13)19-20(29)22(2,3)31-23(4,5)21(19)30/h7-12,29H,6H2,1-5H3. The molecule has 2 aromatic carbocycles. The molecule has 166 valence electrons. The lowest BCUT2D eigenvalue weighted by Crippen LogP contribution is -2.49. The maximum atomic E-state index is 13.2. The van der Waals surface area contributed by atoms with Gasteiger partial charge >= 0.3 is 6.18 Å². The lowest BCUT2D eigenvalue weighted by Gasteiger charge is -2.40. The SMILES string of the molecule is CCc1cc(-c2cc(Cl)cc(C(F)(F)F)c2)ccc1C1=C(O)C(C)(C)OC(C)(C)C1=O. The first-order valence-electron chi connectivity index (χ1n) is 9.87. The van der Waals surface area contributed by atoms with E-state index in [0.29, 0.717) is 23.1 Å². The molecular weight excluding hydrogens is 429 g/mol. The van der Waals surface area contributed by atoms with Crippen LogP contribution in [0.2, 0.25) is 5.02 Å². The first kappa shape index (κ1) is 23.4. The van der Waals surface area contributed by atoms with Crippen molar-refractivity contribution in [3.05, 3.63) is 63.9 Å². The number of aliphatic hydroxyl groups excluding tert-OH is 1. The number of rotatable bonds is 3. The summed E-state index contributed by atoms with van der Waals surface area (Å²) in [6.45, 7) is 8.53. The van der Waals surface area contributed by atoms with Crippen LogP contribution in [0.15, 0.2) is 42.2 Å². The van der Waals surface area contributed by atoms with Crippen LogP contribution in [-0.4, -0.2) is 22.1 Å². The van der Waals surface area contributed by atoms with Crippen molar-refractivity contribution < 1.29 is 27.8 Å². The third kappa shape index (κ3) is 4.37. The number of hydrogen-bond acceptors (Lipinski definition) is 3. The highest BCUT2D eigenvalue weighted by Crippen LogP contribution is 2.42. The number of benzene rings is 2. The number of alkyl halides is 3. The monoisotopic (exact) mass is 452 g/mol. The Morgan fingerprint density at radius 1 is 1.00 bits per heavy atom. The molecule has 0 aliphatic carbocycles. The first-order chi connectivity index (χ1) is 14.2. The number of Topliss-reactive ketones (excluding diaryl/α,β-unsaturated/α-hetero) is 1. The second kappa shape index (κ2) is 7.68. The summed E-state index contributed by atoms with van der Waals surface area (Å²) in [5.41, 5.74) is -0.753. The molecule has 0 saturated heterocycles. The Morgan fingerprint density at radius 3 is 2.23 bits per heavy atom. The fourth-order valence-electron chi connectivity index (χ4n) is 3.92. The topological polar surface area (TPSA) is 46.5 Å². The summed E-state index contributed by atoms with van der Waals surface area (Å²) < 4.78 is 45.4. The van der Waals surface area contributed by atoms with Gasteiger partial charge in [-0.1, -0.05) is 36.7 Å². The summed E-state index contributed by atoms with van der Waals surface area (Å²) in [5, 5.41) is 10.8. The van der Waals surface area contributed by atoms with Gasteiger partial charge in [-0.15, -0.1) is 0 Å². The van der Waals surface area contributed by atoms with E-state index >= 15 is 0 Å². The summed E-state index contributed by atoms with van der Waals surface area (Å²) in [7, 11) is 0. The summed E-state index contributed by atoms with van der Waals surface area (Å²) in [6.07, 6.45) is -4.02. The Kier molecular flexibility index (Phi) is 5.78. The quantitative estimate of drug-likeness (QED) is 0.544. The molecule has 0 unspecified atom stereocenters. The minimum atomic E-state index is -4.52. The summed E-state index contributed by atoms with van der Waals surface area (Å²) in [6, 6.07) is 8.40. The first-order valence-corrected chi connectivity index (χ1v) is 10.3. The van der Waals surface area contributed by atoms with Gasteiger partial charge in [0.1, 0.15) is 17.0 Å². The van der Waals surface area contributed by atoms with E-state index in [2.05, 4.69) is 0 Å². The molecular formula is C24H24ClF3O3. The molecule has 0 amide bonds. The average molecular weight is 453 g/mol. The van der Waals surface area contributed by atoms with Gasteiger partial charge < -0.3 is 9.84 Å². The number of aliphatic hydroxyl groups is 1. The number of hydrogen-bond donors (Lipinski definition) is 1. The van der Waals surface area contributed by atoms with Crippen LogP contribution in [0.5, 0.6) is 0 Å². The zero-order valence-corrected chi connectivity index (χ0v) is 18.7. The van der Waals surface area contributed by atoms with Crippen LogP contribution in [0.25, 0.3) is 16.7 Å². The molecule has 1 aliphatic heterocycles. The van der Waals surface area contributed by atoms with Gasteiger partial charge in [-0.25, -0.2) is 0 Å². The molecule has 1 aliphatic rings. The minimum absolute atomic E-state index is 0.0181. The van der Waals surface area contributed by atoms with E-state index in [4.69, 9.17) is 16.3 Å². The molecule has 0 fully saturated rings.